The van der Waals surface area contributed by atoms with Crippen molar-refractivity contribution in [3.05, 3.63) is 30.5 Å². The summed E-state index contributed by atoms with van der Waals surface area (Å²) in [5.74, 6) is 2.64. The van der Waals surface area contributed by atoms with Crippen molar-refractivity contribution in [3.63, 3.8) is 0 Å². The SMILES string of the molecule is O=C(Nc1ccc(-c2cnns2)cc1)C12CC3CC(CC(C3)C1)C2. The molecule has 4 aliphatic rings. The Morgan fingerprint density at radius 1 is 1.04 bits per heavy atom. The number of carbonyl (C=O) groups excluding carboxylic acids is 1. The van der Waals surface area contributed by atoms with Gasteiger partial charge in [-0.25, -0.2) is 0 Å². The van der Waals surface area contributed by atoms with Crippen LogP contribution in [0.1, 0.15) is 38.5 Å². The highest BCUT2D eigenvalue weighted by Crippen LogP contribution is 2.60. The highest BCUT2D eigenvalue weighted by molar-refractivity contribution is 7.09. The normalized spacial score (nSPS) is 33.6. The summed E-state index contributed by atoms with van der Waals surface area (Å²) in [5.41, 5.74) is 1.91. The van der Waals surface area contributed by atoms with E-state index in [4.69, 9.17) is 0 Å². The quantitative estimate of drug-likeness (QED) is 0.904. The van der Waals surface area contributed by atoms with E-state index in [1.807, 2.05) is 24.3 Å². The molecule has 0 atom stereocenters. The summed E-state index contributed by atoms with van der Waals surface area (Å²) in [5, 5.41) is 7.08. The molecule has 4 bridgehead atoms. The molecule has 4 fully saturated rings. The molecule has 24 heavy (non-hydrogen) atoms. The minimum atomic E-state index is -0.0883. The second-order valence-electron chi connectivity index (χ2n) is 8.01. The first kappa shape index (κ1) is 14.6. The molecule has 1 aromatic carbocycles. The van der Waals surface area contributed by atoms with Gasteiger partial charge in [-0.1, -0.05) is 16.6 Å². The van der Waals surface area contributed by atoms with E-state index in [0.717, 1.165) is 53.1 Å². The number of rotatable bonds is 3. The second-order valence-corrected chi connectivity index (χ2v) is 8.80. The lowest BCUT2D eigenvalue weighted by Crippen LogP contribution is -2.51. The van der Waals surface area contributed by atoms with E-state index in [2.05, 4.69) is 14.9 Å². The monoisotopic (exact) mass is 339 g/mol. The van der Waals surface area contributed by atoms with Crippen LogP contribution in [-0.2, 0) is 4.79 Å². The van der Waals surface area contributed by atoms with E-state index in [-0.39, 0.29) is 11.3 Å². The third-order valence-electron chi connectivity index (χ3n) is 6.31. The third kappa shape index (κ3) is 2.37. The van der Waals surface area contributed by atoms with Crippen molar-refractivity contribution in [2.75, 3.05) is 5.32 Å². The second kappa shape index (κ2) is 5.38. The van der Waals surface area contributed by atoms with E-state index < -0.39 is 0 Å². The van der Waals surface area contributed by atoms with Crippen LogP contribution < -0.4 is 5.32 Å². The largest absolute Gasteiger partial charge is 0.326 e. The molecule has 5 heteroatoms. The maximum atomic E-state index is 13.1. The van der Waals surface area contributed by atoms with Crippen molar-refractivity contribution < 1.29 is 4.79 Å². The molecule has 4 aliphatic carbocycles. The van der Waals surface area contributed by atoms with Crippen molar-refractivity contribution in [2.45, 2.75) is 38.5 Å². The van der Waals surface area contributed by atoms with Gasteiger partial charge < -0.3 is 5.32 Å². The van der Waals surface area contributed by atoms with Crippen molar-refractivity contribution in [1.82, 2.24) is 9.59 Å². The molecule has 4 saturated carbocycles. The molecule has 1 aromatic heterocycles. The number of aromatic nitrogens is 2. The standard InChI is InChI=1S/C19H21N3OS/c23-18(19-8-12-5-13(9-19)7-14(6-12)10-19)21-16-3-1-15(2-4-16)17-11-20-22-24-17/h1-4,11-14H,5-10H2,(H,21,23). The molecule has 0 aliphatic heterocycles. The Kier molecular flexibility index (Phi) is 3.27. The van der Waals surface area contributed by atoms with Crippen molar-refractivity contribution in [2.24, 2.45) is 23.2 Å². The lowest BCUT2D eigenvalue weighted by molar-refractivity contribution is -0.140. The fourth-order valence-corrected chi connectivity index (χ4v) is 6.18. The Hall–Kier alpha value is -1.75. The van der Waals surface area contributed by atoms with Gasteiger partial charge in [0.25, 0.3) is 0 Å². The molecule has 0 saturated heterocycles. The van der Waals surface area contributed by atoms with Gasteiger partial charge in [0.05, 0.1) is 16.5 Å². The number of hydrogen-bond acceptors (Lipinski definition) is 4. The van der Waals surface area contributed by atoms with Crippen LogP contribution >= 0.6 is 11.5 Å². The Balaban J connectivity index is 1.33. The summed E-state index contributed by atoms with van der Waals surface area (Å²) in [6, 6.07) is 8.05. The summed E-state index contributed by atoms with van der Waals surface area (Å²) in [4.78, 5) is 14.1. The fourth-order valence-electron chi connectivity index (χ4n) is 5.66. The van der Waals surface area contributed by atoms with Crippen LogP contribution in [0.25, 0.3) is 10.4 Å². The summed E-state index contributed by atoms with van der Waals surface area (Å²) in [7, 11) is 0. The van der Waals surface area contributed by atoms with Crippen LogP contribution in [0.4, 0.5) is 5.69 Å². The zero-order chi connectivity index (χ0) is 16.1. The van der Waals surface area contributed by atoms with Gasteiger partial charge in [-0.3, -0.25) is 4.79 Å². The van der Waals surface area contributed by atoms with Crippen LogP contribution in [0.15, 0.2) is 30.5 Å². The number of hydrogen-bond donors (Lipinski definition) is 1. The van der Waals surface area contributed by atoms with E-state index in [1.165, 1.54) is 30.8 Å². The van der Waals surface area contributed by atoms with Gasteiger partial charge in [0.15, 0.2) is 0 Å². The highest BCUT2D eigenvalue weighted by Gasteiger charge is 2.54. The molecule has 0 radical (unpaired) electrons. The molecule has 1 heterocycles. The van der Waals surface area contributed by atoms with E-state index in [1.54, 1.807) is 6.20 Å². The number of anilines is 1. The molecular formula is C19H21N3OS. The van der Waals surface area contributed by atoms with Gasteiger partial charge in [0.1, 0.15) is 0 Å². The van der Waals surface area contributed by atoms with Gasteiger partial charge in [0, 0.05) is 5.69 Å². The Morgan fingerprint density at radius 2 is 1.67 bits per heavy atom. The fraction of sp³-hybridized carbons (Fsp3) is 0.526. The van der Waals surface area contributed by atoms with Crippen LogP contribution in [0.3, 0.4) is 0 Å². The van der Waals surface area contributed by atoms with E-state index in [9.17, 15) is 4.79 Å². The third-order valence-corrected chi connectivity index (χ3v) is 7.02. The van der Waals surface area contributed by atoms with Gasteiger partial charge in [-0.05, 0) is 85.5 Å². The van der Waals surface area contributed by atoms with Crippen LogP contribution in [0, 0.1) is 23.2 Å². The van der Waals surface area contributed by atoms with Crippen LogP contribution in [-0.4, -0.2) is 15.5 Å². The molecular weight excluding hydrogens is 318 g/mol. The zero-order valence-electron chi connectivity index (χ0n) is 13.6. The topological polar surface area (TPSA) is 54.9 Å². The number of nitrogens with one attached hydrogen (secondary N) is 1. The Labute approximate surface area is 145 Å². The first-order valence-electron chi connectivity index (χ1n) is 8.89. The van der Waals surface area contributed by atoms with Crippen LogP contribution in [0.5, 0.6) is 0 Å². The predicted octanol–water partition coefficient (Wildman–Crippen LogP) is 4.36. The average molecular weight is 339 g/mol. The Morgan fingerprint density at radius 3 is 2.21 bits per heavy atom. The molecule has 0 spiro atoms. The number of benzene rings is 1. The van der Waals surface area contributed by atoms with Gasteiger partial charge >= 0.3 is 0 Å². The minimum Gasteiger partial charge on any atom is -0.326 e. The lowest BCUT2D eigenvalue weighted by Gasteiger charge is -2.55. The maximum Gasteiger partial charge on any atom is 0.230 e. The first-order chi connectivity index (χ1) is 11.7. The molecule has 6 rings (SSSR count). The predicted molar refractivity (Wildman–Crippen MR) is 94.6 cm³/mol. The van der Waals surface area contributed by atoms with Gasteiger partial charge in [-0.2, -0.15) is 0 Å². The van der Waals surface area contributed by atoms with Crippen molar-refractivity contribution >= 4 is 23.1 Å². The van der Waals surface area contributed by atoms with Gasteiger partial charge in [0.2, 0.25) is 5.91 Å². The summed E-state index contributed by atoms with van der Waals surface area (Å²) in [6.07, 6.45) is 9.19. The molecule has 124 valence electrons. The number of nitrogens with zero attached hydrogens (tertiary/aromatic N) is 2. The highest BCUT2D eigenvalue weighted by atomic mass is 32.1. The first-order valence-corrected chi connectivity index (χ1v) is 9.67. The van der Waals surface area contributed by atoms with E-state index in [0.29, 0.717) is 0 Å². The van der Waals surface area contributed by atoms with E-state index >= 15 is 0 Å². The molecule has 2 aromatic rings. The molecule has 0 unspecified atom stereocenters. The van der Waals surface area contributed by atoms with Crippen molar-refractivity contribution in [1.29, 1.82) is 0 Å². The molecule has 4 nitrogen and oxygen atoms in total. The Bertz CT molecular complexity index is 718. The zero-order valence-corrected chi connectivity index (χ0v) is 14.4. The molecule has 1 N–H and O–H groups in total. The van der Waals surface area contributed by atoms with Gasteiger partial charge in [-0.15, -0.1) is 5.10 Å². The average Bonchev–Trinajstić information content (AvgIpc) is 3.09. The summed E-state index contributed by atoms with van der Waals surface area (Å²) in [6.45, 7) is 0. The lowest BCUT2D eigenvalue weighted by atomic mass is 9.49. The maximum absolute atomic E-state index is 13.1. The van der Waals surface area contributed by atoms with Crippen molar-refractivity contribution in [3.8, 4) is 10.4 Å². The molecule has 1 amide bonds. The number of amides is 1. The number of carbonyl (C=O) groups is 1. The smallest absolute Gasteiger partial charge is 0.230 e. The summed E-state index contributed by atoms with van der Waals surface area (Å²) >= 11 is 1.39. The minimum absolute atomic E-state index is 0.0883. The summed E-state index contributed by atoms with van der Waals surface area (Å²) < 4.78 is 3.90. The van der Waals surface area contributed by atoms with Crippen LogP contribution in [0.2, 0.25) is 0 Å².